The molecule has 0 radical (unpaired) electrons. The summed E-state index contributed by atoms with van der Waals surface area (Å²) in [6, 6.07) is 13.7. The van der Waals surface area contributed by atoms with Crippen LogP contribution >= 0.6 is 11.8 Å². The first-order valence-corrected chi connectivity index (χ1v) is 9.90. The topological polar surface area (TPSA) is 109 Å². The monoisotopic (exact) mass is 425 g/mol. The average molecular weight is 425 g/mol. The summed E-state index contributed by atoms with van der Waals surface area (Å²) in [4.78, 5) is 37.4. The Balaban J connectivity index is 1.79. The standard InChI is InChI=1S/C21H19N3O5S/c1-13(2)29-19(26)12-24-20(27)18(30-21(24)28)11-14-10-16(8-9-17(14)25)23-22-15-6-4-3-5-7-15/h3-11,13,25H,12H2,1-2H3/b18-11-,23-22?. The van der Waals surface area contributed by atoms with Crippen LogP contribution in [-0.2, 0) is 14.3 Å². The van der Waals surface area contributed by atoms with Gasteiger partial charge in [-0.3, -0.25) is 19.3 Å². The van der Waals surface area contributed by atoms with Crippen LogP contribution in [0.5, 0.6) is 5.75 Å². The molecule has 1 aliphatic rings. The Morgan fingerprint density at radius 1 is 1.13 bits per heavy atom. The lowest BCUT2D eigenvalue weighted by atomic mass is 10.1. The third-order valence-corrected chi connectivity index (χ3v) is 4.77. The molecule has 0 unspecified atom stereocenters. The van der Waals surface area contributed by atoms with Gasteiger partial charge in [-0.25, -0.2) is 0 Å². The Kier molecular flexibility index (Phi) is 6.63. The molecule has 0 atom stereocenters. The minimum Gasteiger partial charge on any atom is -0.507 e. The number of benzene rings is 2. The van der Waals surface area contributed by atoms with Crippen molar-refractivity contribution in [3.05, 3.63) is 59.0 Å². The number of imide groups is 1. The summed E-state index contributed by atoms with van der Waals surface area (Å²) < 4.78 is 4.98. The second-order valence-electron chi connectivity index (χ2n) is 6.59. The molecule has 154 valence electrons. The zero-order valence-electron chi connectivity index (χ0n) is 16.3. The van der Waals surface area contributed by atoms with Crippen molar-refractivity contribution in [2.24, 2.45) is 10.2 Å². The van der Waals surface area contributed by atoms with Gasteiger partial charge in [0.2, 0.25) is 0 Å². The molecule has 0 spiro atoms. The Hall–Kier alpha value is -3.46. The molecule has 2 amide bonds. The highest BCUT2D eigenvalue weighted by Gasteiger charge is 2.37. The quantitative estimate of drug-likeness (QED) is 0.405. The molecule has 1 heterocycles. The van der Waals surface area contributed by atoms with Gasteiger partial charge in [0.05, 0.1) is 22.4 Å². The van der Waals surface area contributed by atoms with E-state index in [0.29, 0.717) is 28.7 Å². The van der Waals surface area contributed by atoms with Crippen molar-refractivity contribution in [1.29, 1.82) is 0 Å². The number of nitrogens with zero attached hydrogens (tertiary/aromatic N) is 3. The summed E-state index contributed by atoms with van der Waals surface area (Å²) in [5.41, 5.74) is 1.43. The molecule has 1 saturated heterocycles. The molecule has 3 rings (SSSR count). The number of rotatable bonds is 6. The zero-order chi connectivity index (χ0) is 21.7. The Labute approximate surface area is 177 Å². The van der Waals surface area contributed by atoms with E-state index in [2.05, 4.69) is 10.2 Å². The van der Waals surface area contributed by atoms with Crippen LogP contribution in [0.1, 0.15) is 19.4 Å². The van der Waals surface area contributed by atoms with Crippen molar-refractivity contribution in [3.63, 3.8) is 0 Å². The van der Waals surface area contributed by atoms with Crippen LogP contribution in [0.3, 0.4) is 0 Å². The van der Waals surface area contributed by atoms with Crippen molar-refractivity contribution >= 4 is 46.3 Å². The first-order chi connectivity index (χ1) is 14.3. The summed E-state index contributed by atoms with van der Waals surface area (Å²) in [5, 5.41) is 17.8. The second kappa shape index (κ2) is 9.36. The van der Waals surface area contributed by atoms with Gasteiger partial charge >= 0.3 is 5.97 Å². The predicted molar refractivity (Wildman–Crippen MR) is 113 cm³/mol. The summed E-state index contributed by atoms with van der Waals surface area (Å²) in [5.74, 6) is -1.37. The van der Waals surface area contributed by atoms with E-state index < -0.39 is 23.7 Å². The van der Waals surface area contributed by atoms with Gasteiger partial charge < -0.3 is 9.84 Å². The van der Waals surface area contributed by atoms with E-state index in [1.54, 1.807) is 38.1 Å². The minimum atomic E-state index is -0.667. The molecule has 1 N–H and O–H groups in total. The minimum absolute atomic E-state index is 0.0836. The van der Waals surface area contributed by atoms with Crippen LogP contribution in [0.15, 0.2) is 63.7 Å². The largest absolute Gasteiger partial charge is 0.507 e. The maximum Gasteiger partial charge on any atom is 0.326 e. The van der Waals surface area contributed by atoms with Crippen molar-refractivity contribution < 1.29 is 24.2 Å². The van der Waals surface area contributed by atoms with Gasteiger partial charge in [-0.2, -0.15) is 10.2 Å². The number of phenolic OH excluding ortho intramolecular Hbond substituents is 1. The van der Waals surface area contributed by atoms with E-state index >= 15 is 0 Å². The molecule has 0 aromatic heterocycles. The third-order valence-electron chi connectivity index (χ3n) is 3.86. The fraction of sp³-hybridized carbons (Fsp3) is 0.190. The fourth-order valence-electron chi connectivity index (χ4n) is 2.54. The molecular formula is C21H19N3O5S. The number of hydrogen-bond donors (Lipinski definition) is 1. The molecule has 9 heteroatoms. The first-order valence-electron chi connectivity index (χ1n) is 9.08. The number of ether oxygens (including phenoxy) is 1. The maximum absolute atomic E-state index is 12.5. The van der Waals surface area contributed by atoms with Gasteiger partial charge in [-0.1, -0.05) is 18.2 Å². The van der Waals surface area contributed by atoms with Gasteiger partial charge in [-0.15, -0.1) is 0 Å². The van der Waals surface area contributed by atoms with Crippen molar-refractivity contribution in [2.45, 2.75) is 20.0 Å². The number of phenols is 1. The van der Waals surface area contributed by atoms with Crippen LogP contribution in [-0.4, -0.2) is 39.8 Å². The molecule has 30 heavy (non-hydrogen) atoms. The summed E-state index contributed by atoms with van der Waals surface area (Å²) >= 11 is 0.688. The molecule has 0 saturated carbocycles. The van der Waals surface area contributed by atoms with Gasteiger partial charge in [0.15, 0.2) is 0 Å². The van der Waals surface area contributed by atoms with Crippen molar-refractivity contribution in [2.75, 3.05) is 6.54 Å². The number of amides is 2. The SMILES string of the molecule is CC(C)OC(=O)CN1C(=O)S/C(=C\c2cc(N=Nc3ccccc3)ccc2O)C1=O. The first kappa shape index (κ1) is 21.3. The van der Waals surface area contributed by atoms with Gasteiger partial charge in [-0.05, 0) is 62.0 Å². The van der Waals surface area contributed by atoms with E-state index in [-0.39, 0.29) is 16.8 Å². The zero-order valence-corrected chi connectivity index (χ0v) is 17.1. The molecule has 0 aliphatic carbocycles. The number of thioether (sulfide) groups is 1. The lowest BCUT2D eigenvalue weighted by Gasteiger charge is -2.13. The predicted octanol–water partition coefficient (Wildman–Crippen LogP) is 4.80. The van der Waals surface area contributed by atoms with Gasteiger partial charge in [0.25, 0.3) is 11.1 Å². The van der Waals surface area contributed by atoms with E-state index in [4.69, 9.17) is 4.74 Å². The molecule has 0 bridgehead atoms. The van der Waals surface area contributed by atoms with Crippen molar-refractivity contribution in [3.8, 4) is 5.75 Å². The highest BCUT2D eigenvalue weighted by molar-refractivity contribution is 8.18. The highest BCUT2D eigenvalue weighted by atomic mass is 32.2. The van der Waals surface area contributed by atoms with E-state index in [9.17, 15) is 19.5 Å². The highest BCUT2D eigenvalue weighted by Crippen LogP contribution is 2.35. The fourth-order valence-corrected chi connectivity index (χ4v) is 3.37. The Morgan fingerprint density at radius 2 is 1.83 bits per heavy atom. The summed E-state index contributed by atoms with van der Waals surface area (Å²) in [7, 11) is 0. The van der Waals surface area contributed by atoms with E-state index in [0.717, 1.165) is 4.90 Å². The Bertz CT molecular complexity index is 1030. The molecular weight excluding hydrogens is 406 g/mol. The van der Waals surface area contributed by atoms with Crippen LogP contribution in [0, 0.1) is 0 Å². The van der Waals surface area contributed by atoms with Gasteiger partial charge in [0.1, 0.15) is 12.3 Å². The average Bonchev–Trinajstić information content (AvgIpc) is 2.96. The van der Waals surface area contributed by atoms with Crippen LogP contribution in [0.4, 0.5) is 16.2 Å². The molecule has 2 aromatic rings. The van der Waals surface area contributed by atoms with Crippen LogP contribution in [0.2, 0.25) is 0 Å². The number of hydrogen-bond acceptors (Lipinski definition) is 8. The summed E-state index contributed by atoms with van der Waals surface area (Å²) in [6.45, 7) is 2.89. The number of carbonyl (C=O) groups excluding carboxylic acids is 3. The van der Waals surface area contributed by atoms with E-state index in [1.807, 2.05) is 18.2 Å². The molecule has 1 aliphatic heterocycles. The molecule has 2 aromatic carbocycles. The lowest BCUT2D eigenvalue weighted by Crippen LogP contribution is -2.35. The smallest absolute Gasteiger partial charge is 0.326 e. The number of azo groups is 1. The van der Waals surface area contributed by atoms with Crippen LogP contribution in [0.25, 0.3) is 6.08 Å². The lowest BCUT2D eigenvalue weighted by molar-refractivity contribution is -0.149. The summed E-state index contributed by atoms with van der Waals surface area (Å²) in [6.07, 6.45) is 1.04. The number of carbonyl (C=O) groups is 3. The Morgan fingerprint density at radius 3 is 2.53 bits per heavy atom. The van der Waals surface area contributed by atoms with E-state index in [1.165, 1.54) is 12.1 Å². The normalized spacial score (nSPS) is 15.6. The second-order valence-corrected chi connectivity index (χ2v) is 7.58. The van der Waals surface area contributed by atoms with Gasteiger partial charge in [0, 0.05) is 5.56 Å². The van der Waals surface area contributed by atoms with Crippen LogP contribution < -0.4 is 0 Å². The maximum atomic E-state index is 12.5. The third kappa shape index (κ3) is 5.32. The van der Waals surface area contributed by atoms with Crippen molar-refractivity contribution in [1.82, 2.24) is 4.90 Å². The molecule has 1 fully saturated rings. The number of aromatic hydroxyl groups is 1. The molecule has 8 nitrogen and oxygen atoms in total. The number of esters is 1.